The second kappa shape index (κ2) is 3.99. The van der Waals surface area contributed by atoms with Crippen LogP contribution in [-0.2, 0) is 0 Å². The quantitative estimate of drug-likeness (QED) is 0.712. The Balaban J connectivity index is 2.30. The molecule has 0 saturated carbocycles. The second-order valence-corrected chi connectivity index (χ2v) is 5.07. The number of allylic oxidation sites excluding steroid dienone is 4. The smallest absolute Gasteiger partial charge is 0.0740 e. The molecular formula is C16H17N. The van der Waals surface area contributed by atoms with E-state index in [1.807, 2.05) is 0 Å². The molecule has 0 saturated heterocycles. The Labute approximate surface area is 102 Å². The molecule has 0 aromatic carbocycles. The monoisotopic (exact) mass is 223 g/mol. The van der Waals surface area contributed by atoms with Crippen LogP contribution in [0.2, 0.25) is 0 Å². The first kappa shape index (κ1) is 10.5. The predicted octanol–water partition coefficient (Wildman–Crippen LogP) is 2.28. The minimum atomic E-state index is 0.490. The van der Waals surface area contributed by atoms with Gasteiger partial charge < -0.3 is 0 Å². The summed E-state index contributed by atoms with van der Waals surface area (Å²) in [5.74, 6) is 1.02. The van der Waals surface area contributed by atoms with Crippen LogP contribution in [0.15, 0.2) is 36.4 Å². The lowest BCUT2D eigenvalue weighted by molar-refractivity contribution is 0.798. The zero-order valence-electron chi connectivity index (χ0n) is 10.4. The van der Waals surface area contributed by atoms with Crippen molar-refractivity contribution in [2.45, 2.75) is 26.2 Å². The summed E-state index contributed by atoms with van der Waals surface area (Å²) >= 11 is 0. The van der Waals surface area contributed by atoms with Crippen LogP contribution >= 0.6 is 0 Å². The first-order chi connectivity index (χ1) is 8.25. The van der Waals surface area contributed by atoms with Crippen molar-refractivity contribution in [2.75, 3.05) is 0 Å². The van der Waals surface area contributed by atoms with Gasteiger partial charge >= 0.3 is 0 Å². The molecule has 1 aromatic heterocycles. The number of rotatable bonds is 1. The molecular weight excluding hydrogens is 206 g/mol. The van der Waals surface area contributed by atoms with Crippen molar-refractivity contribution < 1.29 is 0 Å². The van der Waals surface area contributed by atoms with Crippen molar-refractivity contribution in [3.05, 3.63) is 52.7 Å². The summed E-state index contributed by atoms with van der Waals surface area (Å²) in [5.41, 5.74) is 2.57. The minimum absolute atomic E-state index is 0.490. The second-order valence-electron chi connectivity index (χ2n) is 5.07. The third-order valence-corrected chi connectivity index (χ3v) is 3.53. The van der Waals surface area contributed by atoms with Crippen LogP contribution in [0, 0.1) is 5.92 Å². The van der Waals surface area contributed by atoms with Gasteiger partial charge in [-0.3, -0.25) is 4.98 Å². The molecule has 17 heavy (non-hydrogen) atoms. The number of nitrogens with zero attached hydrogens (tertiary/aromatic N) is 1. The third kappa shape index (κ3) is 1.76. The zero-order chi connectivity index (χ0) is 11.8. The summed E-state index contributed by atoms with van der Waals surface area (Å²) in [6, 6.07) is 4.37. The van der Waals surface area contributed by atoms with Gasteiger partial charge in [0, 0.05) is 11.6 Å². The largest absolute Gasteiger partial charge is 0.252 e. The Bertz CT molecular complexity index is 617. The standard InChI is InChI=1S/C16H17N/c1-11(2)15-10-9-13-8-7-12-5-3-4-6-14(12)16(13)17-15/h3-6,8-12H,7H2,1-2H3. The molecule has 1 heteroatoms. The lowest BCUT2D eigenvalue weighted by Gasteiger charge is -2.19. The van der Waals surface area contributed by atoms with Gasteiger partial charge in [0.05, 0.1) is 5.35 Å². The van der Waals surface area contributed by atoms with Gasteiger partial charge in [-0.05, 0) is 29.2 Å². The van der Waals surface area contributed by atoms with Crippen LogP contribution in [-0.4, -0.2) is 4.98 Å². The predicted molar refractivity (Wildman–Crippen MR) is 71.8 cm³/mol. The van der Waals surface area contributed by atoms with E-state index in [1.54, 1.807) is 0 Å². The third-order valence-electron chi connectivity index (χ3n) is 3.53. The maximum atomic E-state index is 4.84. The van der Waals surface area contributed by atoms with E-state index < -0.39 is 0 Å². The molecule has 0 spiro atoms. The first-order valence-electron chi connectivity index (χ1n) is 6.32. The molecule has 1 unspecified atom stereocenters. The van der Waals surface area contributed by atoms with Gasteiger partial charge in [0.25, 0.3) is 0 Å². The van der Waals surface area contributed by atoms with Crippen molar-refractivity contribution in [1.29, 1.82) is 0 Å². The SMILES string of the molecule is CC(C)c1ccc2c(n1)=C1C=CC=CC1CC=2. The number of hydrogen-bond donors (Lipinski definition) is 0. The summed E-state index contributed by atoms with van der Waals surface area (Å²) < 4.78 is 0. The van der Waals surface area contributed by atoms with E-state index in [0.717, 1.165) is 6.42 Å². The van der Waals surface area contributed by atoms with Crippen molar-refractivity contribution >= 4 is 11.6 Å². The lowest BCUT2D eigenvalue weighted by Crippen LogP contribution is -2.36. The fraction of sp³-hybridized carbons (Fsp3) is 0.312. The number of fused-ring (bicyclic) bond motifs is 2. The average molecular weight is 223 g/mol. The van der Waals surface area contributed by atoms with E-state index in [-0.39, 0.29) is 0 Å². The molecule has 1 atom stereocenters. The van der Waals surface area contributed by atoms with E-state index in [4.69, 9.17) is 4.98 Å². The Morgan fingerprint density at radius 3 is 2.94 bits per heavy atom. The molecule has 0 bridgehead atoms. The summed E-state index contributed by atoms with van der Waals surface area (Å²) in [7, 11) is 0. The molecule has 0 aliphatic heterocycles. The Hall–Kier alpha value is -1.63. The molecule has 1 heterocycles. The maximum absolute atomic E-state index is 4.84. The molecule has 86 valence electrons. The summed E-state index contributed by atoms with van der Waals surface area (Å²) in [6.45, 7) is 4.39. The van der Waals surface area contributed by atoms with Crippen molar-refractivity contribution in [1.82, 2.24) is 4.98 Å². The molecule has 3 rings (SSSR count). The lowest BCUT2D eigenvalue weighted by atomic mass is 9.87. The molecule has 2 aliphatic carbocycles. The molecule has 0 N–H and O–H groups in total. The molecule has 2 aliphatic rings. The number of aromatic nitrogens is 1. The van der Waals surface area contributed by atoms with Crippen LogP contribution in [0.3, 0.4) is 0 Å². The molecule has 1 aromatic rings. The van der Waals surface area contributed by atoms with Crippen LogP contribution in [0.1, 0.15) is 31.9 Å². The van der Waals surface area contributed by atoms with Crippen LogP contribution in [0.5, 0.6) is 0 Å². The van der Waals surface area contributed by atoms with Crippen LogP contribution < -0.4 is 10.6 Å². The Morgan fingerprint density at radius 1 is 1.24 bits per heavy atom. The molecule has 1 nitrogen and oxygen atoms in total. The van der Waals surface area contributed by atoms with E-state index in [1.165, 1.54) is 21.8 Å². The zero-order valence-corrected chi connectivity index (χ0v) is 10.4. The van der Waals surface area contributed by atoms with E-state index in [9.17, 15) is 0 Å². The van der Waals surface area contributed by atoms with Gasteiger partial charge in [-0.15, -0.1) is 0 Å². The van der Waals surface area contributed by atoms with Gasteiger partial charge in [0.15, 0.2) is 0 Å². The van der Waals surface area contributed by atoms with Crippen molar-refractivity contribution in [3.63, 3.8) is 0 Å². The maximum Gasteiger partial charge on any atom is 0.0740 e. The highest BCUT2D eigenvalue weighted by atomic mass is 14.7. The molecule has 0 fully saturated rings. The topological polar surface area (TPSA) is 12.9 Å². The highest BCUT2D eigenvalue weighted by molar-refractivity contribution is 5.66. The van der Waals surface area contributed by atoms with Gasteiger partial charge in [0.1, 0.15) is 0 Å². The van der Waals surface area contributed by atoms with Gasteiger partial charge in [-0.25, -0.2) is 0 Å². The fourth-order valence-corrected chi connectivity index (χ4v) is 2.50. The van der Waals surface area contributed by atoms with Gasteiger partial charge in [-0.2, -0.15) is 0 Å². The highest BCUT2D eigenvalue weighted by Crippen LogP contribution is 2.23. The average Bonchev–Trinajstić information content (AvgIpc) is 2.38. The summed E-state index contributed by atoms with van der Waals surface area (Å²) in [4.78, 5) is 4.84. The van der Waals surface area contributed by atoms with Crippen LogP contribution in [0.25, 0.3) is 11.6 Å². The van der Waals surface area contributed by atoms with Gasteiger partial charge in [-0.1, -0.05) is 50.3 Å². The van der Waals surface area contributed by atoms with Gasteiger partial charge in [0.2, 0.25) is 0 Å². The van der Waals surface area contributed by atoms with Crippen LogP contribution in [0.4, 0.5) is 0 Å². The minimum Gasteiger partial charge on any atom is -0.252 e. The number of hydrogen-bond acceptors (Lipinski definition) is 1. The Morgan fingerprint density at radius 2 is 2.12 bits per heavy atom. The summed E-state index contributed by atoms with van der Waals surface area (Å²) in [6.07, 6.45) is 12.2. The summed E-state index contributed by atoms with van der Waals surface area (Å²) in [5, 5.41) is 2.48. The molecule has 0 amide bonds. The van der Waals surface area contributed by atoms with Crippen molar-refractivity contribution in [3.8, 4) is 0 Å². The van der Waals surface area contributed by atoms with E-state index in [2.05, 4.69) is 56.4 Å². The first-order valence-corrected chi connectivity index (χ1v) is 6.32. The molecule has 0 radical (unpaired) electrons. The van der Waals surface area contributed by atoms with Crippen molar-refractivity contribution in [2.24, 2.45) is 5.92 Å². The van der Waals surface area contributed by atoms with E-state index in [0.29, 0.717) is 11.8 Å². The highest BCUT2D eigenvalue weighted by Gasteiger charge is 2.16. The fourth-order valence-electron chi connectivity index (χ4n) is 2.50. The normalized spacial score (nSPS) is 21.1. The number of pyridine rings is 1. The van der Waals surface area contributed by atoms with E-state index >= 15 is 0 Å². The Kier molecular flexibility index (Phi) is 2.47.